The molecule has 0 radical (unpaired) electrons. The first-order chi connectivity index (χ1) is 8.79. The number of rotatable bonds is 0. The summed E-state index contributed by atoms with van der Waals surface area (Å²) in [6, 6.07) is 14.2. The molecular formula is C15H12O2. The average molecular weight is 225 g/mol. The highest BCUT2D eigenvalue weighted by atomic mass is 16.5. The molecule has 0 saturated carbocycles. The molecule has 2 aromatic carbocycles. The van der Waals surface area contributed by atoms with Gasteiger partial charge in [-0.15, -0.1) is 0 Å². The van der Waals surface area contributed by atoms with Gasteiger partial charge in [0.25, 0.3) is 0 Å². The van der Waals surface area contributed by atoms with Gasteiger partial charge in [0, 0.05) is 11.1 Å². The standard InChI is InChI=1S/C15H12O2/c1-3-7-13-11(5-1)15(9-16-13)10-17-14-8-4-2-6-12(14)15/h1-8H,9-10H2/i3D. The van der Waals surface area contributed by atoms with Crippen molar-refractivity contribution in [1.82, 2.24) is 0 Å². The Balaban J connectivity index is 1.95. The molecule has 2 aliphatic heterocycles. The third kappa shape index (κ3) is 1.05. The fourth-order valence-corrected chi connectivity index (χ4v) is 2.82. The van der Waals surface area contributed by atoms with Crippen molar-refractivity contribution in [3.8, 4) is 11.5 Å². The lowest BCUT2D eigenvalue weighted by Gasteiger charge is -2.20. The van der Waals surface area contributed by atoms with Crippen molar-refractivity contribution in [2.45, 2.75) is 5.41 Å². The van der Waals surface area contributed by atoms with Crippen molar-refractivity contribution < 1.29 is 10.8 Å². The molecule has 1 atom stereocenters. The quantitative estimate of drug-likeness (QED) is 0.686. The Morgan fingerprint density at radius 2 is 1.53 bits per heavy atom. The predicted molar refractivity (Wildman–Crippen MR) is 64.7 cm³/mol. The third-order valence-electron chi connectivity index (χ3n) is 3.69. The van der Waals surface area contributed by atoms with E-state index in [1.165, 1.54) is 5.56 Å². The molecule has 2 heteroatoms. The molecule has 0 bridgehead atoms. The summed E-state index contributed by atoms with van der Waals surface area (Å²) >= 11 is 0. The maximum Gasteiger partial charge on any atom is 0.123 e. The Bertz CT molecular complexity index is 638. The molecule has 0 N–H and O–H groups in total. The Labute approximate surface area is 101 Å². The van der Waals surface area contributed by atoms with E-state index in [1.807, 2.05) is 30.3 Å². The highest BCUT2D eigenvalue weighted by Gasteiger charge is 2.48. The van der Waals surface area contributed by atoms with Crippen molar-refractivity contribution in [1.29, 1.82) is 0 Å². The largest absolute Gasteiger partial charge is 0.492 e. The van der Waals surface area contributed by atoms with Crippen LogP contribution in [0.25, 0.3) is 0 Å². The van der Waals surface area contributed by atoms with Crippen LogP contribution < -0.4 is 9.47 Å². The van der Waals surface area contributed by atoms with E-state index < -0.39 is 0 Å². The molecule has 17 heavy (non-hydrogen) atoms. The van der Waals surface area contributed by atoms with E-state index in [2.05, 4.69) is 6.07 Å². The van der Waals surface area contributed by atoms with E-state index in [0.717, 1.165) is 17.1 Å². The molecular weight excluding hydrogens is 212 g/mol. The second-order valence-corrected chi connectivity index (χ2v) is 4.58. The van der Waals surface area contributed by atoms with Crippen molar-refractivity contribution >= 4 is 0 Å². The van der Waals surface area contributed by atoms with Crippen LogP contribution in [-0.2, 0) is 5.41 Å². The molecule has 0 aliphatic carbocycles. The van der Waals surface area contributed by atoms with Crippen LogP contribution in [-0.4, -0.2) is 13.2 Å². The van der Waals surface area contributed by atoms with Gasteiger partial charge in [-0.05, 0) is 12.1 Å². The van der Waals surface area contributed by atoms with E-state index in [1.54, 1.807) is 6.07 Å². The summed E-state index contributed by atoms with van der Waals surface area (Å²) in [7, 11) is 0. The number of fused-ring (bicyclic) bond motifs is 4. The van der Waals surface area contributed by atoms with E-state index >= 15 is 0 Å². The highest BCUT2D eigenvalue weighted by Crippen LogP contribution is 2.49. The summed E-state index contributed by atoms with van der Waals surface area (Å²) in [4.78, 5) is 0. The zero-order chi connectivity index (χ0) is 12.2. The van der Waals surface area contributed by atoms with Gasteiger partial charge >= 0.3 is 0 Å². The molecule has 2 aliphatic rings. The monoisotopic (exact) mass is 225 g/mol. The van der Waals surface area contributed by atoms with Crippen molar-refractivity contribution in [2.75, 3.05) is 13.2 Å². The van der Waals surface area contributed by atoms with Crippen LogP contribution in [0.3, 0.4) is 0 Å². The fraction of sp³-hybridized carbons (Fsp3) is 0.200. The average Bonchev–Trinajstić information content (AvgIpc) is 2.94. The van der Waals surface area contributed by atoms with Crippen LogP contribution in [0, 0.1) is 0 Å². The summed E-state index contributed by atoms with van der Waals surface area (Å²) in [5, 5.41) is 0. The normalized spacial score (nSPS) is 24.8. The first kappa shape index (κ1) is 8.18. The first-order valence-corrected chi connectivity index (χ1v) is 5.76. The molecule has 0 saturated heterocycles. The Kier molecular flexibility index (Phi) is 1.46. The van der Waals surface area contributed by atoms with Crippen LogP contribution in [0.4, 0.5) is 0 Å². The van der Waals surface area contributed by atoms with E-state index in [-0.39, 0.29) is 5.41 Å². The van der Waals surface area contributed by atoms with Crippen LogP contribution in [0.5, 0.6) is 11.5 Å². The van der Waals surface area contributed by atoms with Crippen LogP contribution in [0.2, 0.25) is 0 Å². The van der Waals surface area contributed by atoms with Crippen molar-refractivity contribution in [3.05, 3.63) is 59.6 Å². The minimum Gasteiger partial charge on any atom is -0.492 e. The second kappa shape index (κ2) is 3.04. The van der Waals surface area contributed by atoms with E-state index in [9.17, 15) is 0 Å². The number of hydrogen-bond acceptors (Lipinski definition) is 2. The minimum absolute atomic E-state index is 0.181. The predicted octanol–water partition coefficient (Wildman–Crippen LogP) is 2.76. The lowest BCUT2D eigenvalue weighted by atomic mass is 9.78. The zero-order valence-corrected chi connectivity index (χ0v) is 9.27. The van der Waals surface area contributed by atoms with Crippen LogP contribution in [0.15, 0.2) is 48.5 Å². The molecule has 84 valence electrons. The van der Waals surface area contributed by atoms with E-state index in [0.29, 0.717) is 19.3 Å². The van der Waals surface area contributed by atoms with Gasteiger partial charge in [-0.25, -0.2) is 0 Å². The van der Waals surface area contributed by atoms with Gasteiger partial charge < -0.3 is 9.47 Å². The second-order valence-electron chi connectivity index (χ2n) is 4.58. The zero-order valence-electron chi connectivity index (χ0n) is 10.3. The van der Waals surface area contributed by atoms with Gasteiger partial charge in [0.2, 0.25) is 0 Å². The van der Waals surface area contributed by atoms with E-state index in [4.69, 9.17) is 10.8 Å². The summed E-state index contributed by atoms with van der Waals surface area (Å²) in [6.07, 6.45) is 0. The van der Waals surface area contributed by atoms with Crippen LogP contribution >= 0.6 is 0 Å². The third-order valence-corrected chi connectivity index (χ3v) is 3.69. The summed E-state index contributed by atoms with van der Waals surface area (Å²) in [5.41, 5.74) is 2.16. The molecule has 2 aromatic rings. The molecule has 0 fully saturated rings. The Morgan fingerprint density at radius 3 is 2.35 bits per heavy atom. The topological polar surface area (TPSA) is 18.5 Å². The maximum atomic E-state index is 7.66. The van der Waals surface area contributed by atoms with Gasteiger partial charge in [-0.2, -0.15) is 0 Å². The molecule has 1 spiro atoms. The van der Waals surface area contributed by atoms with Gasteiger partial charge in [0.15, 0.2) is 0 Å². The lowest BCUT2D eigenvalue weighted by molar-refractivity contribution is 0.238. The number of benzene rings is 2. The van der Waals surface area contributed by atoms with Gasteiger partial charge in [0.1, 0.15) is 24.7 Å². The fourth-order valence-electron chi connectivity index (χ4n) is 2.82. The van der Waals surface area contributed by atoms with Crippen molar-refractivity contribution in [3.63, 3.8) is 0 Å². The first-order valence-electron chi connectivity index (χ1n) is 6.26. The lowest BCUT2D eigenvalue weighted by Crippen LogP contribution is -2.31. The summed E-state index contributed by atoms with van der Waals surface area (Å²) < 4.78 is 19.2. The van der Waals surface area contributed by atoms with Gasteiger partial charge in [-0.1, -0.05) is 36.4 Å². The number of para-hydroxylation sites is 2. The van der Waals surface area contributed by atoms with Crippen LogP contribution in [0.1, 0.15) is 12.5 Å². The van der Waals surface area contributed by atoms with Gasteiger partial charge in [-0.3, -0.25) is 0 Å². The van der Waals surface area contributed by atoms with Crippen molar-refractivity contribution in [2.24, 2.45) is 0 Å². The Morgan fingerprint density at radius 1 is 0.882 bits per heavy atom. The molecule has 1 unspecified atom stereocenters. The molecule has 2 nitrogen and oxygen atoms in total. The van der Waals surface area contributed by atoms with Gasteiger partial charge in [0.05, 0.1) is 6.79 Å². The number of ether oxygens (including phenoxy) is 2. The Hall–Kier alpha value is -1.96. The summed E-state index contributed by atoms with van der Waals surface area (Å²) in [6.45, 7) is 1.22. The maximum absolute atomic E-state index is 7.66. The smallest absolute Gasteiger partial charge is 0.123 e. The molecule has 4 rings (SSSR count). The molecule has 2 heterocycles. The molecule has 0 aromatic heterocycles. The minimum atomic E-state index is -0.181. The summed E-state index contributed by atoms with van der Waals surface area (Å²) in [5.74, 6) is 1.77. The SMILES string of the molecule is [2H]c1ccc2c(c1)OCC21COc2ccccc21. The highest BCUT2D eigenvalue weighted by molar-refractivity contribution is 5.57. The number of hydrogen-bond donors (Lipinski definition) is 0. The molecule has 0 amide bonds.